The standard InChI is InChI=1S/C18H38N2/c1-16(2)19-12-8-6-7-9-13-20-14-10-17(11-15-20)18(3,4)5/h16-17,19H,6-15H2,1-5H3. The van der Waals surface area contributed by atoms with Crippen molar-refractivity contribution in [1.82, 2.24) is 10.2 Å². The molecule has 0 bridgehead atoms. The first-order chi connectivity index (χ1) is 9.39. The number of piperidine rings is 1. The SMILES string of the molecule is CC(C)NCCCCCCN1CCC(C(C)(C)C)CC1. The van der Waals surface area contributed by atoms with Crippen LogP contribution in [0, 0.1) is 11.3 Å². The van der Waals surface area contributed by atoms with E-state index in [9.17, 15) is 0 Å². The van der Waals surface area contributed by atoms with Crippen LogP contribution >= 0.6 is 0 Å². The first-order valence-electron chi connectivity index (χ1n) is 8.85. The molecule has 0 aromatic carbocycles. The molecule has 1 aliphatic heterocycles. The van der Waals surface area contributed by atoms with Crippen LogP contribution in [-0.4, -0.2) is 37.1 Å². The predicted molar refractivity (Wildman–Crippen MR) is 90.2 cm³/mol. The van der Waals surface area contributed by atoms with Gasteiger partial charge in [0.15, 0.2) is 0 Å². The summed E-state index contributed by atoms with van der Waals surface area (Å²) in [5, 5.41) is 3.49. The van der Waals surface area contributed by atoms with Crippen molar-refractivity contribution in [2.75, 3.05) is 26.2 Å². The number of hydrogen-bond acceptors (Lipinski definition) is 2. The molecule has 0 aromatic rings. The minimum absolute atomic E-state index is 0.509. The van der Waals surface area contributed by atoms with Gasteiger partial charge in [0.2, 0.25) is 0 Å². The average molecular weight is 283 g/mol. The van der Waals surface area contributed by atoms with Gasteiger partial charge in [-0.05, 0) is 63.2 Å². The summed E-state index contributed by atoms with van der Waals surface area (Å²) < 4.78 is 0. The molecular weight excluding hydrogens is 244 g/mol. The van der Waals surface area contributed by atoms with Crippen molar-refractivity contribution in [3.8, 4) is 0 Å². The van der Waals surface area contributed by atoms with E-state index in [0.29, 0.717) is 11.5 Å². The van der Waals surface area contributed by atoms with Crippen molar-refractivity contribution in [2.45, 2.75) is 79.2 Å². The quantitative estimate of drug-likeness (QED) is 0.668. The van der Waals surface area contributed by atoms with E-state index in [-0.39, 0.29) is 0 Å². The summed E-state index contributed by atoms with van der Waals surface area (Å²) in [6.07, 6.45) is 8.33. The molecule has 0 radical (unpaired) electrons. The molecule has 1 saturated heterocycles. The highest BCUT2D eigenvalue weighted by Gasteiger charge is 2.28. The largest absolute Gasteiger partial charge is 0.315 e. The molecule has 1 fully saturated rings. The fourth-order valence-corrected chi connectivity index (χ4v) is 3.23. The van der Waals surface area contributed by atoms with Crippen LogP contribution in [-0.2, 0) is 0 Å². The third-order valence-corrected chi connectivity index (χ3v) is 4.77. The molecule has 0 unspecified atom stereocenters. The average Bonchev–Trinajstić information content (AvgIpc) is 2.37. The first-order valence-corrected chi connectivity index (χ1v) is 8.85. The molecular formula is C18H38N2. The summed E-state index contributed by atoms with van der Waals surface area (Å²) in [6.45, 7) is 16.8. The number of hydrogen-bond donors (Lipinski definition) is 1. The summed E-state index contributed by atoms with van der Waals surface area (Å²) in [4.78, 5) is 2.69. The van der Waals surface area contributed by atoms with Crippen molar-refractivity contribution < 1.29 is 0 Å². The Labute approximate surface area is 127 Å². The molecule has 0 aromatic heterocycles. The lowest BCUT2D eigenvalue weighted by Crippen LogP contribution is -2.38. The molecule has 0 aliphatic carbocycles. The van der Waals surface area contributed by atoms with Crippen LogP contribution in [0.25, 0.3) is 0 Å². The zero-order valence-electron chi connectivity index (χ0n) is 14.7. The van der Waals surface area contributed by atoms with Gasteiger partial charge in [0.1, 0.15) is 0 Å². The van der Waals surface area contributed by atoms with Gasteiger partial charge in [0.05, 0.1) is 0 Å². The van der Waals surface area contributed by atoms with E-state index in [2.05, 4.69) is 44.8 Å². The second kappa shape index (κ2) is 9.04. The van der Waals surface area contributed by atoms with E-state index >= 15 is 0 Å². The van der Waals surface area contributed by atoms with E-state index < -0.39 is 0 Å². The Kier molecular flexibility index (Phi) is 8.13. The second-order valence-electron chi connectivity index (χ2n) is 8.00. The van der Waals surface area contributed by atoms with E-state index in [4.69, 9.17) is 0 Å². The fourth-order valence-electron chi connectivity index (χ4n) is 3.23. The lowest BCUT2D eigenvalue weighted by Gasteiger charge is -2.38. The Bertz CT molecular complexity index is 234. The Balaban J connectivity index is 1.97. The number of unbranched alkanes of at least 4 members (excludes halogenated alkanes) is 3. The molecule has 0 amide bonds. The summed E-state index contributed by atoms with van der Waals surface area (Å²) in [5.74, 6) is 0.931. The number of nitrogens with zero attached hydrogens (tertiary/aromatic N) is 1. The maximum absolute atomic E-state index is 3.49. The Morgan fingerprint density at radius 3 is 2.15 bits per heavy atom. The number of nitrogens with one attached hydrogen (secondary N) is 1. The Hall–Kier alpha value is -0.0800. The Morgan fingerprint density at radius 2 is 1.60 bits per heavy atom. The third-order valence-electron chi connectivity index (χ3n) is 4.77. The van der Waals surface area contributed by atoms with E-state index in [1.807, 2.05) is 0 Å². The van der Waals surface area contributed by atoms with E-state index in [1.165, 1.54) is 64.7 Å². The monoisotopic (exact) mass is 282 g/mol. The summed E-state index contributed by atoms with van der Waals surface area (Å²) in [7, 11) is 0. The maximum atomic E-state index is 3.49. The van der Waals surface area contributed by atoms with Gasteiger partial charge in [-0.2, -0.15) is 0 Å². The van der Waals surface area contributed by atoms with E-state index in [0.717, 1.165) is 5.92 Å². The second-order valence-corrected chi connectivity index (χ2v) is 8.00. The van der Waals surface area contributed by atoms with Gasteiger partial charge in [-0.3, -0.25) is 0 Å². The molecule has 2 nitrogen and oxygen atoms in total. The number of likely N-dealkylation sites (tertiary alicyclic amines) is 1. The van der Waals surface area contributed by atoms with Crippen LogP contribution in [0.2, 0.25) is 0 Å². The van der Waals surface area contributed by atoms with Crippen LogP contribution in [0.1, 0.15) is 73.1 Å². The molecule has 2 heteroatoms. The van der Waals surface area contributed by atoms with Crippen molar-refractivity contribution in [3.63, 3.8) is 0 Å². The molecule has 0 spiro atoms. The predicted octanol–water partition coefficient (Wildman–Crippen LogP) is 4.30. The molecule has 120 valence electrons. The molecule has 1 aliphatic rings. The van der Waals surface area contributed by atoms with Gasteiger partial charge in [-0.15, -0.1) is 0 Å². The van der Waals surface area contributed by atoms with Gasteiger partial charge < -0.3 is 10.2 Å². The summed E-state index contributed by atoms with van der Waals surface area (Å²) in [6, 6.07) is 0.638. The highest BCUT2D eigenvalue weighted by molar-refractivity contribution is 4.80. The zero-order chi connectivity index (χ0) is 15.0. The van der Waals surface area contributed by atoms with Crippen LogP contribution in [0.15, 0.2) is 0 Å². The molecule has 1 rings (SSSR count). The van der Waals surface area contributed by atoms with Crippen molar-refractivity contribution in [3.05, 3.63) is 0 Å². The molecule has 0 saturated carbocycles. The minimum Gasteiger partial charge on any atom is -0.315 e. The fraction of sp³-hybridized carbons (Fsp3) is 1.00. The maximum Gasteiger partial charge on any atom is 0.00103 e. The van der Waals surface area contributed by atoms with E-state index in [1.54, 1.807) is 0 Å². The van der Waals surface area contributed by atoms with Gasteiger partial charge >= 0.3 is 0 Å². The van der Waals surface area contributed by atoms with Gasteiger partial charge in [-0.1, -0.05) is 47.5 Å². The van der Waals surface area contributed by atoms with Crippen LogP contribution in [0.3, 0.4) is 0 Å². The highest BCUT2D eigenvalue weighted by atomic mass is 15.1. The lowest BCUT2D eigenvalue weighted by molar-refractivity contribution is 0.111. The first kappa shape index (κ1) is 18.0. The highest BCUT2D eigenvalue weighted by Crippen LogP contribution is 2.34. The summed E-state index contributed by atoms with van der Waals surface area (Å²) >= 11 is 0. The van der Waals surface area contributed by atoms with Crippen LogP contribution in [0.4, 0.5) is 0 Å². The van der Waals surface area contributed by atoms with Crippen molar-refractivity contribution in [1.29, 1.82) is 0 Å². The normalized spacial score (nSPS) is 18.9. The molecule has 1 N–H and O–H groups in total. The van der Waals surface area contributed by atoms with Crippen LogP contribution < -0.4 is 5.32 Å². The molecule has 1 heterocycles. The van der Waals surface area contributed by atoms with Crippen molar-refractivity contribution >= 4 is 0 Å². The number of rotatable bonds is 8. The lowest BCUT2D eigenvalue weighted by atomic mass is 9.75. The van der Waals surface area contributed by atoms with Gasteiger partial charge in [0.25, 0.3) is 0 Å². The molecule has 20 heavy (non-hydrogen) atoms. The third kappa shape index (κ3) is 7.64. The zero-order valence-corrected chi connectivity index (χ0v) is 14.7. The summed E-state index contributed by atoms with van der Waals surface area (Å²) in [5.41, 5.74) is 0.509. The smallest absolute Gasteiger partial charge is 0.00103 e. The van der Waals surface area contributed by atoms with Gasteiger partial charge in [0, 0.05) is 6.04 Å². The minimum atomic E-state index is 0.509. The molecule has 0 atom stereocenters. The Morgan fingerprint density at radius 1 is 1.00 bits per heavy atom. The topological polar surface area (TPSA) is 15.3 Å². The van der Waals surface area contributed by atoms with Gasteiger partial charge in [-0.25, -0.2) is 0 Å². The van der Waals surface area contributed by atoms with Crippen molar-refractivity contribution in [2.24, 2.45) is 11.3 Å². The van der Waals surface area contributed by atoms with Crippen LogP contribution in [0.5, 0.6) is 0 Å².